The smallest absolute Gasteiger partial charge is 0.321 e. The van der Waals surface area contributed by atoms with Crippen molar-refractivity contribution in [3.05, 3.63) is 28.8 Å². The highest BCUT2D eigenvalue weighted by Crippen LogP contribution is 2.51. The number of phenolic OH excluding ortho intramolecular Hbond substituents is 1. The van der Waals surface area contributed by atoms with Crippen LogP contribution in [0.3, 0.4) is 0 Å². The van der Waals surface area contributed by atoms with Crippen molar-refractivity contribution >= 4 is 11.9 Å². The summed E-state index contributed by atoms with van der Waals surface area (Å²) in [6, 6.07) is 3.66. The number of aromatic hydroxyl groups is 1. The molecule has 1 aromatic rings. The second kappa shape index (κ2) is 10.5. The lowest BCUT2D eigenvalue weighted by molar-refractivity contribution is -0.174. The van der Waals surface area contributed by atoms with Crippen molar-refractivity contribution in [2.75, 3.05) is 7.05 Å². The van der Waals surface area contributed by atoms with E-state index in [9.17, 15) is 24.9 Å². The molecule has 6 heteroatoms. The van der Waals surface area contributed by atoms with Gasteiger partial charge in [-0.2, -0.15) is 0 Å². The summed E-state index contributed by atoms with van der Waals surface area (Å²) >= 11 is 0. The van der Waals surface area contributed by atoms with Crippen molar-refractivity contribution in [2.45, 2.75) is 130 Å². The van der Waals surface area contributed by atoms with Gasteiger partial charge in [0.2, 0.25) is 0 Å². The third-order valence-electron chi connectivity index (χ3n) is 9.17. The zero-order valence-electron chi connectivity index (χ0n) is 26.0. The van der Waals surface area contributed by atoms with Crippen LogP contribution >= 0.6 is 0 Å². The number of benzene rings is 1. The molecule has 0 aliphatic carbocycles. The Morgan fingerprint density at radius 2 is 1.32 bits per heavy atom. The van der Waals surface area contributed by atoms with Gasteiger partial charge in [0.05, 0.1) is 0 Å². The molecule has 0 spiro atoms. The Morgan fingerprint density at radius 1 is 0.921 bits per heavy atom. The van der Waals surface area contributed by atoms with Gasteiger partial charge in [0.15, 0.2) is 5.41 Å². The first-order chi connectivity index (χ1) is 17.0. The molecule has 0 amide bonds. The van der Waals surface area contributed by atoms with Crippen LogP contribution in [-0.4, -0.2) is 50.3 Å². The SMILES string of the molecule is CCCC(C1CC(C)(C)N(C)C(C)(C)C1)C(Cc1cc(C(C)(C)C)c(O)c(C(C)(C)C)c1)(C(=O)O)C(=O)O. The first-order valence-corrected chi connectivity index (χ1v) is 14.1. The molecule has 0 bridgehead atoms. The van der Waals surface area contributed by atoms with Crippen molar-refractivity contribution in [2.24, 2.45) is 17.3 Å². The Hall–Kier alpha value is -2.08. The summed E-state index contributed by atoms with van der Waals surface area (Å²) in [6.07, 6.45) is 2.57. The molecule has 1 saturated heterocycles. The van der Waals surface area contributed by atoms with E-state index in [-0.39, 0.29) is 29.2 Å². The monoisotopic (exact) mass is 531 g/mol. The summed E-state index contributed by atoms with van der Waals surface area (Å²) in [5, 5.41) is 32.7. The van der Waals surface area contributed by atoms with Crippen molar-refractivity contribution in [1.29, 1.82) is 0 Å². The van der Waals surface area contributed by atoms with Crippen LogP contribution in [0.4, 0.5) is 0 Å². The van der Waals surface area contributed by atoms with Gasteiger partial charge in [-0.15, -0.1) is 0 Å². The molecule has 1 atom stereocenters. The molecule has 1 fully saturated rings. The topological polar surface area (TPSA) is 98.1 Å². The number of rotatable bonds is 8. The summed E-state index contributed by atoms with van der Waals surface area (Å²) in [5.41, 5.74) is -1.12. The minimum Gasteiger partial charge on any atom is -0.507 e. The summed E-state index contributed by atoms with van der Waals surface area (Å²) < 4.78 is 0. The van der Waals surface area contributed by atoms with E-state index in [1.807, 2.05) is 60.6 Å². The van der Waals surface area contributed by atoms with Gasteiger partial charge in [-0.05, 0) is 99.8 Å². The van der Waals surface area contributed by atoms with Crippen LogP contribution in [0, 0.1) is 17.3 Å². The molecule has 3 N–H and O–H groups in total. The van der Waals surface area contributed by atoms with E-state index >= 15 is 0 Å². The van der Waals surface area contributed by atoms with Crippen molar-refractivity contribution < 1.29 is 24.9 Å². The standard InChI is InChI=1S/C32H53NO5/c1-13-14-22(21-18-30(8,9)33(12)31(10,11)19-21)32(26(35)36,27(37)38)17-20-15-23(28(2,3)4)25(34)24(16-20)29(5,6)7/h15-16,21-22,34H,13-14,17-19H2,1-12H3,(H,35,36)(H,37,38). The third kappa shape index (κ3) is 6.05. The fourth-order valence-electron chi connectivity index (χ4n) is 6.88. The quantitative estimate of drug-likeness (QED) is 0.312. The van der Waals surface area contributed by atoms with Crippen LogP contribution in [0.1, 0.15) is 119 Å². The van der Waals surface area contributed by atoms with E-state index in [1.165, 1.54) is 0 Å². The van der Waals surface area contributed by atoms with Crippen LogP contribution in [0.2, 0.25) is 0 Å². The number of aliphatic carboxylic acids is 2. The number of nitrogens with zero attached hydrogens (tertiary/aromatic N) is 1. The lowest BCUT2D eigenvalue weighted by Gasteiger charge is -2.56. The molecule has 1 heterocycles. The zero-order valence-corrected chi connectivity index (χ0v) is 26.0. The molecule has 1 aromatic carbocycles. The molecule has 2 rings (SSSR count). The van der Waals surface area contributed by atoms with Gasteiger partial charge in [-0.25, -0.2) is 0 Å². The van der Waals surface area contributed by atoms with E-state index < -0.39 is 34.1 Å². The van der Waals surface area contributed by atoms with Crippen molar-refractivity contribution in [3.63, 3.8) is 0 Å². The van der Waals surface area contributed by atoms with Gasteiger partial charge in [0.25, 0.3) is 0 Å². The number of hydrogen-bond donors (Lipinski definition) is 3. The molecule has 0 aromatic heterocycles. The summed E-state index contributed by atoms with van der Waals surface area (Å²) in [4.78, 5) is 28.7. The molecule has 1 aliphatic heterocycles. The van der Waals surface area contributed by atoms with Crippen molar-refractivity contribution in [3.8, 4) is 5.75 Å². The summed E-state index contributed by atoms with van der Waals surface area (Å²) in [5.74, 6) is -2.96. The Kier molecular flexibility index (Phi) is 8.86. The number of likely N-dealkylation sites (tertiary alicyclic amines) is 1. The van der Waals surface area contributed by atoms with Gasteiger partial charge < -0.3 is 15.3 Å². The number of carboxylic acid groups (broad SMARTS) is 2. The highest BCUT2D eigenvalue weighted by atomic mass is 16.4. The normalized spacial score (nSPS) is 19.8. The molecule has 6 nitrogen and oxygen atoms in total. The van der Waals surface area contributed by atoms with E-state index in [0.29, 0.717) is 29.5 Å². The molecule has 0 saturated carbocycles. The first kappa shape index (κ1) is 32.1. The average molecular weight is 532 g/mol. The van der Waals surface area contributed by atoms with Crippen LogP contribution in [0.5, 0.6) is 5.75 Å². The minimum atomic E-state index is -1.98. The Balaban J connectivity index is 2.81. The lowest BCUT2D eigenvalue weighted by Crippen LogP contribution is -2.61. The summed E-state index contributed by atoms with van der Waals surface area (Å²) in [7, 11) is 2.10. The molecule has 1 unspecified atom stereocenters. The van der Waals surface area contributed by atoms with Gasteiger partial charge in [-0.3, -0.25) is 14.5 Å². The van der Waals surface area contributed by atoms with E-state index in [4.69, 9.17) is 0 Å². The van der Waals surface area contributed by atoms with Gasteiger partial charge in [-0.1, -0.05) is 67.0 Å². The third-order valence-corrected chi connectivity index (χ3v) is 9.17. The average Bonchev–Trinajstić information content (AvgIpc) is 2.72. The molecule has 38 heavy (non-hydrogen) atoms. The van der Waals surface area contributed by atoms with Crippen LogP contribution in [0.15, 0.2) is 12.1 Å². The number of phenols is 1. The maximum absolute atomic E-state index is 13.2. The largest absolute Gasteiger partial charge is 0.507 e. The Morgan fingerprint density at radius 3 is 1.63 bits per heavy atom. The number of piperidine rings is 1. The molecule has 1 aliphatic rings. The highest BCUT2D eigenvalue weighted by molar-refractivity contribution is 5.99. The predicted octanol–water partition coefficient (Wildman–Crippen LogP) is 7.00. The van der Waals surface area contributed by atoms with Crippen molar-refractivity contribution in [1.82, 2.24) is 4.90 Å². The number of carbonyl (C=O) groups is 2. The second-order valence-electron chi connectivity index (χ2n) is 15.0. The first-order valence-electron chi connectivity index (χ1n) is 14.1. The highest BCUT2D eigenvalue weighted by Gasteiger charge is 2.58. The van der Waals surface area contributed by atoms with E-state index in [2.05, 4.69) is 39.6 Å². The number of carboxylic acids is 2. The zero-order chi connectivity index (χ0) is 29.6. The Bertz CT molecular complexity index is 974. The van der Waals surface area contributed by atoms with Crippen LogP contribution in [0.25, 0.3) is 0 Å². The van der Waals surface area contributed by atoms with E-state index in [1.54, 1.807) is 0 Å². The van der Waals surface area contributed by atoms with Crippen LogP contribution in [-0.2, 0) is 26.8 Å². The van der Waals surface area contributed by atoms with Crippen LogP contribution < -0.4 is 0 Å². The second-order valence-corrected chi connectivity index (χ2v) is 15.0. The van der Waals surface area contributed by atoms with Gasteiger partial charge in [0.1, 0.15) is 5.75 Å². The molecule has 0 radical (unpaired) electrons. The lowest BCUT2D eigenvalue weighted by atomic mass is 9.58. The summed E-state index contributed by atoms with van der Waals surface area (Å²) in [6.45, 7) is 22.7. The molecular weight excluding hydrogens is 478 g/mol. The van der Waals surface area contributed by atoms with Gasteiger partial charge >= 0.3 is 11.9 Å². The maximum Gasteiger partial charge on any atom is 0.321 e. The molecule has 216 valence electrons. The predicted molar refractivity (Wildman–Crippen MR) is 154 cm³/mol. The number of hydrogen-bond acceptors (Lipinski definition) is 4. The Labute approximate surface area is 230 Å². The van der Waals surface area contributed by atoms with E-state index in [0.717, 1.165) is 12.8 Å². The maximum atomic E-state index is 13.2. The fourth-order valence-corrected chi connectivity index (χ4v) is 6.88. The molecular formula is C32H53NO5. The fraction of sp³-hybridized carbons (Fsp3) is 0.750. The van der Waals surface area contributed by atoms with Gasteiger partial charge in [0, 0.05) is 11.1 Å². The minimum absolute atomic E-state index is 0.0651.